The van der Waals surface area contributed by atoms with Crippen LogP contribution < -0.4 is 5.32 Å². The van der Waals surface area contributed by atoms with Crippen LogP contribution >= 0.6 is 0 Å². The summed E-state index contributed by atoms with van der Waals surface area (Å²) < 4.78 is 26.8. The van der Waals surface area contributed by atoms with Gasteiger partial charge in [-0.25, -0.2) is 13.4 Å². The molecule has 0 amide bonds. The lowest BCUT2D eigenvalue weighted by Gasteiger charge is -2.38. The van der Waals surface area contributed by atoms with Gasteiger partial charge in [0.1, 0.15) is 10.7 Å². The molecule has 0 aromatic carbocycles. The second-order valence-electron chi connectivity index (χ2n) is 6.67. The smallest absolute Gasteiger partial charge is 0.244 e. The molecule has 0 saturated carbocycles. The van der Waals surface area contributed by atoms with Gasteiger partial charge in [-0.3, -0.25) is 0 Å². The predicted octanol–water partition coefficient (Wildman–Crippen LogP) is 2.57. The summed E-state index contributed by atoms with van der Waals surface area (Å²) >= 11 is 0. The molecule has 1 aliphatic heterocycles. The molecule has 0 atom stereocenters. The van der Waals surface area contributed by atoms with Gasteiger partial charge in [0.05, 0.1) is 0 Å². The van der Waals surface area contributed by atoms with Crippen LogP contribution in [0.4, 0.5) is 5.82 Å². The maximum absolute atomic E-state index is 12.6. The van der Waals surface area contributed by atoms with Crippen LogP contribution in [0.15, 0.2) is 23.2 Å². The molecule has 118 valence electrons. The largest absolute Gasteiger partial charge is 0.373 e. The Balaban J connectivity index is 2.11. The van der Waals surface area contributed by atoms with Crippen LogP contribution in [-0.2, 0) is 10.0 Å². The Hall–Kier alpha value is -1.14. The molecule has 0 spiro atoms. The molecule has 0 unspecified atom stereocenters. The van der Waals surface area contributed by atoms with Crippen molar-refractivity contribution in [3.8, 4) is 0 Å². The lowest BCUT2D eigenvalue weighted by Crippen LogP contribution is -2.41. The summed E-state index contributed by atoms with van der Waals surface area (Å²) in [6.07, 6.45) is 3.27. The van der Waals surface area contributed by atoms with Crippen molar-refractivity contribution in [1.29, 1.82) is 0 Å². The third-order valence-corrected chi connectivity index (χ3v) is 6.19. The van der Waals surface area contributed by atoms with Crippen molar-refractivity contribution < 1.29 is 8.42 Å². The molecule has 1 aliphatic rings. The normalized spacial score (nSPS) is 18.7. The molecule has 6 heteroatoms. The zero-order valence-electron chi connectivity index (χ0n) is 13.3. The molecule has 2 rings (SSSR count). The Labute approximate surface area is 127 Å². The van der Waals surface area contributed by atoms with Crippen molar-refractivity contribution in [3.63, 3.8) is 0 Å². The summed E-state index contributed by atoms with van der Waals surface area (Å²) in [4.78, 5) is 4.37. The Kier molecular flexibility index (Phi) is 4.58. The monoisotopic (exact) mass is 311 g/mol. The van der Waals surface area contributed by atoms with Gasteiger partial charge >= 0.3 is 0 Å². The second-order valence-corrected chi connectivity index (χ2v) is 8.61. The number of nitrogens with one attached hydrogen (secondary N) is 1. The molecule has 21 heavy (non-hydrogen) atoms. The average Bonchev–Trinajstić information content (AvgIpc) is 2.46. The number of anilines is 1. The summed E-state index contributed by atoms with van der Waals surface area (Å²) in [5.74, 6) is 1.24. The number of pyridine rings is 1. The van der Waals surface area contributed by atoms with Crippen molar-refractivity contribution in [2.45, 2.75) is 38.5 Å². The molecule has 1 aromatic heterocycles. The minimum atomic E-state index is -3.41. The highest BCUT2D eigenvalue weighted by Crippen LogP contribution is 2.35. The number of nitrogens with zero attached hydrogens (tertiary/aromatic N) is 2. The quantitative estimate of drug-likeness (QED) is 0.932. The highest BCUT2D eigenvalue weighted by molar-refractivity contribution is 7.89. The third-order valence-electron chi connectivity index (χ3n) is 4.31. The summed E-state index contributed by atoms with van der Waals surface area (Å²) in [7, 11) is -1.66. The Morgan fingerprint density at radius 2 is 1.86 bits per heavy atom. The number of hydrogen-bond donors (Lipinski definition) is 1. The van der Waals surface area contributed by atoms with E-state index in [4.69, 9.17) is 0 Å². The fourth-order valence-corrected chi connectivity index (χ4v) is 4.21. The Morgan fingerprint density at radius 3 is 2.29 bits per heavy atom. The molecule has 0 aliphatic carbocycles. The van der Waals surface area contributed by atoms with E-state index in [1.165, 1.54) is 6.20 Å². The van der Waals surface area contributed by atoms with E-state index in [1.54, 1.807) is 23.5 Å². The maximum Gasteiger partial charge on any atom is 0.244 e. The van der Waals surface area contributed by atoms with Gasteiger partial charge in [0.25, 0.3) is 0 Å². The van der Waals surface area contributed by atoms with Crippen molar-refractivity contribution in [1.82, 2.24) is 9.29 Å². The molecular weight excluding hydrogens is 286 g/mol. The van der Waals surface area contributed by atoms with E-state index in [0.717, 1.165) is 12.8 Å². The number of hydrogen-bond acceptors (Lipinski definition) is 4. The van der Waals surface area contributed by atoms with E-state index in [9.17, 15) is 8.42 Å². The van der Waals surface area contributed by atoms with E-state index in [0.29, 0.717) is 24.8 Å². The van der Waals surface area contributed by atoms with Crippen molar-refractivity contribution in [3.05, 3.63) is 18.3 Å². The number of rotatable bonds is 3. The summed E-state index contributed by atoms with van der Waals surface area (Å²) in [5, 5.41) is 2.89. The standard InChI is InChI=1S/C15H25N3O2S/c1-15(2,3)12-7-9-18(10-8-12)21(19,20)13-5-6-14(16-4)17-11-13/h5-6,11-12H,7-10H2,1-4H3,(H,16,17). The molecule has 1 fully saturated rings. The van der Waals surface area contributed by atoms with Gasteiger partial charge in [0.15, 0.2) is 0 Å². The topological polar surface area (TPSA) is 62.3 Å². The van der Waals surface area contributed by atoms with Crippen LogP contribution in [0.5, 0.6) is 0 Å². The predicted molar refractivity (Wildman–Crippen MR) is 84.7 cm³/mol. The average molecular weight is 311 g/mol. The van der Waals surface area contributed by atoms with Gasteiger partial charge in [-0.05, 0) is 36.3 Å². The van der Waals surface area contributed by atoms with E-state index in [1.807, 2.05) is 0 Å². The molecule has 0 radical (unpaired) electrons. The van der Waals surface area contributed by atoms with Crippen molar-refractivity contribution >= 4 is 15.8 Å². The molecular formula is C15H25N3O2S. The molecule has 0 bridgehead atoms. The zero-order valence-corrected chi connectivity index (χ0v) is 14.1. The second kappa shape index (κ2) is 5.93. The summed E-state index contributed by atoms with van der Waals surface area (Å²) in [6.45, 7) is 7.86. The van der Waals surface area contributed by atoms with E-state index in [2.05, 4.69) is 31.1 Å². The summed E-state index contributed by atoms with van der Waals surface area (Å²) in [6, 6.07) is 3.30. The van der Waals surface area contributed by atoms with Gasteiger partial charge in [-0.2, -0.15) is 4.31 Å². The van der Waals surface area contributed by atoms with Gasteiger partial charge in [0.2, 0.25) is 10.0 Å². The number of sulfonamides is 1. The first kappa shape index (κ1) is 16.2. The fourth-order valence-electron chi connectivity index (χ4n) is 2.79. The van der Waals surface area contributed by atoms with Gasteiger partial charge in [-0.1, -0.05) is 20.8 Å². The van der Waals surface area contributed by atoms with Crippen LogP contribution in [-0.4, -0.2) is 37.8 Å². The number of aromatic nitrogens is 1. The maximum atomic E-state index is 12.6. The van der Waals surface area contributed by atoms with Crippen LogP contribution in [0, 0.1) is 11.3 Å². The number of piperidine rings is 1. The van der Waals surface area contributed by atoms with Gasteiger partial charge in [0, 0.05) is 26.3 Å². The minimum Gasteiger partial charge on any atom is -0.373 e. The van der Waals surface area contributed by atoms with Crippen LogP contribution in [0.3, 0.4) is 0 Å². The highest BCUT2D eigenvalue weighted by Gasteiger charge is 2.33. The van der Waals surface area contributed by atoms with Gasteiger partial charge < -0.3 is 5.32 Å². The minimum absolute atomic E-state index is 0.242. The lowest BCUT2D eigenvalue weighted by atomic mass is 9.76. The van der Waals surface area contributed by atoms with Crippen LogP contribution in [0.25, 0.3) is 0 Å². The molecule has 1 aromatic rings. The van der Waals surface area contributed by atoms with Gasteiger partial charge in [-0.15, -0.1) is 0 Å². The summed E-state index contributed by atoms with van der Waals surface area (Å²) in [5.41, 5.74) is 0.242. The van der Waals surface area contributed by atoms with E-state index < -0.39 is 10.0 Å². The Bertz CT molecular complexity index is 568. The molecule has 1 saturated heterocycles. The van der Waals surface area contributed by atoms with E-state index >= 15 is 0 Å². The van der Waals surface area contributed by atoms with Crippen LogP contribution in [0.2, 0.25) is 0 Å². The molecule has 1 N–H and O–H groups in total. The first-order valence-electron chi connectivity index (χ1n) is 7.39. The van der Waals surface area contributed by atoms with E-state index in [-0.39, 0.29) is 10.3 Å². The zero-order chi connectivity index (χ0) is 15.7. The Morgan fingerprint density at radius 1 is 1.24 bits per heavy atom. The fraction of sp³-hybridized carbons (Fsp3) is 0.667. The SMILES string of the molecule is CNc1ccc(S(=O)(=O)N2CCC(C(C)(C)C)CC2)cn1. The lowest BCUT2D eigenvalue weighted by molar-refractivity contribution is 0.154. The van der Waals surface area contributed by atoms with Crippen molar-refractivity contribution in [2.75, 3.05) is 25.5 Å². The van der Waals surface area contributed by atoms with Crippen molar-refractivity contribution in [2.24, 2.45) is 11.3 Å². The molecule has 5 nitrogen and oxygen atoms in total. The molecule has 2 heterocycles. The first-order valence-corrected chi connectivity index (χ1v) is 8.83. The highest BCUT2D eigenvalue weighted by atomic mass is 32.2. The third kappa shape index (κ3) is 3.55. The van der Waals surface area contributed by atoms with Crippen LogP contribution in [0.1, 0.15) is 33.6 Å². The first-order chi connectivity index (χ1) is 9.75.